The molecule has 0 N–H and O–H groups in total. The lowest BCUT2D eigenvalue weighted by atomic mass is 10.5. The summed E-state index contributed by atoms with van der Waals surface area (Å²) in [6.07, 6.45) is 1.61. The molecule has 0 aliphatic carbocycles. The first-order valence-electron chi connectivity index (χ1n) is 3.77. The number of hydrogen-bond acceptors (Lipinski definition) is 3. The van der Waals surface area contributed by atoms with Crippen molar-refractivity contribution in [1.29, 1.82) is 0 Å². The molecule has 0 bridgehead atoms. The molecule has 13 heavy (non-hydrogen) atoms. The van der Waals surface area contributed by atoms with Crippen molar-refractivity contribution < 1.29 is 0 Å². The van der Waals surface area contributed by atoms with Crippen molar-refractivity contribution in [3.05, 3.63) is 35.5 Å². The fraction of sp³-hybridized carbons (Fsp3) is 0.125. The molecular formula is C8H7ClN4. The third-order valence-corrected chi connectivity index (χ3v) is 1.75. The maximum absolute atomic E-state index is 5.73. The standard InChI is InChI=1S/C8H7ClN4/c1-6-10-5-13(12-6)8-4-2-3-7(9)11-8/h2-5H,1H3. The van der Waals surface area contributed by atoms with Gasteiger partial charge in [-0.3, -0.25) is 0 Å². The van der Waals surface area contributed by atoms with Crippen LogP contribution in [0.2, 0.25) is 5.15 Å². The minimum Gasteiger partial charge on any atom is -0.220 e. The van der Waals surface area contributed by atoms with E-state index < -0.39 is 0 Å². The Bertz CT molecular complexity index is 424. The maximum atomic E-state index is 5.73. The Morgan fingerprint density at radius 3 is 2.85 bits per heavy atom. The molecule has 2 aromatic heterocycles. The van der Waals surface area contributed by atoms with Crippen molar-refractivity contribution in [3.8, 4) is 5.82 Å². The fourth-order valence-electron chi connectivity index (χ4n) is 0.981. The second-order valence-electron chi connectivity index (χ2n) is 2.55. The van der Waals surface area contributed by atoms with Crippen molar-refractivity contribution in [2.75, 3.05) is 0 Å². The average Bonchev–Trinajstić information content (AvgIpc) is 2.52. The summed E-state index contributed by atoms with van der Waals surface area (Å²) in [7, 11) is 0. The summed E-state index contributed by atoms with van der Waals surface area (Å²) < 4.78 is 1.58. The molecule has 0 spiro atoms. The third kappa shape index (κ3) is 1.67. The lowest BCUT2D eigenvalue weighted by molar-refractivity contribution is 0.832. The highest BCUT2D eigenvalue weighted by Gasteiger charge is 2.00. The first-order valence-corrected chi connectivity index (χ1v) is 4.15. The Balaban J connectivity index is 2.46. The number of pyridine rings is 1. The van der Waals surface area contributed by atoms with Crippen LogP contribution in [0.25, 0.3) is 5.82 Å². The van der Waals surface area contributed by atoms with Gasteiger partial charge in [-0.05, 0) is 19.1 Å². The van der Waals surface area contributed by atoms with E-state index in [0.29, 0.717) is 16.8 Å². The van der Waals surface area contributed by atoms with E-state index in [1.54, 1.807) is 17.1 Å². The van der Waals surface area contributed by atoms with Crippen LogP contribution in [0, 0.1) is 6.92 Å². The van der Waals surface area contributed by atoms with Gasteiger partial charge in [-0.2, -0.15) is 5.10 Å². The maximum Gasteiger partial charge on any atom is 0.156 e. The monoisotopic (exact) mass is 194 g/mol. The number of aryl methyl sites for hydroxylation is 1. The smallest absolute Gasteiger partial charge is 0.156 e. The van der Waals surface area contributed by atoms with Crippen LogP contribution in [0.4, 0.5) is 0 Å². The van der Waals surface area contributed by atoms with Gasteiger partial charge in [-0.15, -0.1) is 0 Å². The Morgan fingerprint density at radius 1 is 1.38 bits per heavy atom. The number of nitrogens with zero attached hydrogens (tertiary/aromatic N) is 4. The van der Waals surface area contributed by atoms with Gasteiger partial charge in [0.25, 0.3) is 0 Å². The lowest BCUT2D eigenvalue weighted by Crippen LogP contribution is -1.97. The number of aromatic nitrogens is 4. The summed E-state index contributed by atoms with van der Waals surface area (Å²) in [4.78, 5) is 8.07. The Hall–Kier alpha value is -1.42. The topological polar surface area (TPSA) is 43.6 Å². The Labute approximate surface area is 80.2 Å². The van der Waals surface area contributed by atoms with Gasteiger partial charge >= 0.3 is 0 Å². The molecule has 66 valence electrons. The molecule has 0 aliphatic heterocycles. The molecule has 0 amide bonds. The molecule has 0 saturated carbocycles. The van der Waals surface area contributed by atoms with E-state index in [0.717, 1.165) is 0 Å². The molecule has 4 nitrogen and oxygen atoms in total. The molecule has 5 heteroatoms. The van der Waals surface area contributed by atoms with Gasteiger partial charge in [0, 0.05) is 0 Å². The normalized spacial score (nSPS) is 10.3. The molecule has 0 atom stereocenters. The zero-order chi connectivity index (χ0) is 9.26. The van der Waals surface area contributed by atoms with Crippen molar-refractivity contribution in [2.45, 2.75) is 6.92 Å². The molecule has 0 fully saturated rings. The van der Waals surface area contributed by atoms with Crippen molar-refractivity contribution >= 4 is 11.6 Å². The van der Waals surface area contributed by atoms with E-state index in [1.165, 1.54) is 0 Å². The van der Waals surface area contributed by atoms with Crippen molar-refractivity contribution in [1.82, 2.24) is 19.7 Å². The molecule has 0 aromatic carbocycles. The van der Waals surface area contributed by atoms with Crippen LogP contribution >= 0.6 is 11.6 Å². The quantitative estimate of drug-likeness (QED) is 0.648. The molecule has 2 heterocycles. The number of hydrogen-bond donors (Lipinski definition) is 0. The highest BCUT2D eigenvalue weighted by Crippen LogP contribution is 2.07. The summed E-state index contributed by atoms with van der Waals surface area (Å²) in [5.41, 5.74) is 0. The predicted molar refractivity (Wildman–Crippen MR) is 48.9 cm³/mol. The Morgan fingerprint density at radius 2 is 2.23 bits per heavy atom. The fourth-order valence-corrected chi connectivity index (χ4v) is 1.14. The van der Waals surface area contributed by atoms with Crippen LogP contribution in [0.5, 0.6) is 0 Å². The predicted octanol–water partition coefficient (Wildman–Crippen LogP) is 1.62. The van der Waals surface area contributed by atoms with Crippen LogP contribution < -0.4 is 0 Å². The highest BCUT2D eigenvalue weighted by molar-refractivity contribution is 6.29. The minimum absolute atomic E-state index is 0.450. The largest absolute Gasteiger partial charge is 0.220 e. The molecular weight excluding hydrogens is 188 g/mol. The van der Waals surface area contributed by atoms with E-state index in [1.807, 2.05) is 19.1 Å². The molecule has 0 radical (unpaired) electrons. The summed E-state index contributed by atoms with van der Waals surface area (Å²) in [5, 5.41) is 4.56. The van der Waals surface area contributed by atoms with Gasteiger partial charge in [-0.25, -0.2) is 14.6 Å². The van der Waals surface area contributed by atoms with E-state index >= 15 is 0 Å². The van der Waals surface area contributed by atoms with Crippen molar-refractivity contribution in [3.63, 3.8) is 0 Å². The number of halogens is 1. The zero-order valence-corrected chi connectivity index (χ0v) is 7.73. The average molecular weight is 195 g/mol. The summed E-state index contributed by atoms with van der Waals surface area (Å²) in [6, 6.07) is 5.36. The minimum atomic E-state index is 0.450. The van der Waals surface area contributed by atoms with E-state index in [2.05, 4.69) is 15.1 Å². The SMILES string of the molecule is Cc1ncn(-c2cccc(Cl)n2)n1. The van der Waals surface area contributed by atoms with E-state index in [-0.39, 0.29) is 0 Å². The van der Waals surface area contributed by atoms with Gasteiger partial charge in [0.2, 0.25) is 0 Å². The summed E-state index contributed by atoms with van der Waals surface area (Å²) in [6.45, 7) is 1.82. The zero-order valence-electron chi connectivity index (χ0n) is 6.98. The van der Waals surface area contributed by atoms with Gasteiger partial charge in [0.05, 0.1) is 0 Å². The molecule has 0 aliphatic rings. The van der Waals surface area contributed by atoms with Gasteiger partial charge in [0.1, 0.15) is 17.3 Å². The first-order chi connectivity index (χ1) is 6.25. The van der Waals surface area contributed by atoms with E-state index in [9.17, 15) is 0 Å². The van der Waals surface area contributed by atoms with Crippen LogP contribution in [-0.2, 0) is 0 Å². The molecule has 2 rings (SSSR count). The molecule has 0 unspecified atom stereocenters. The van der Waals surface area contributed by atoms with Gasteiger partial charge < -0.3 is 0 Å². The highest BCUT2D eigenvalue weighted by atomic mass is 35.5. The summed E-state index contributed by atoms with van der Waals surface area (Å²) >= 11 is 5.73. The van der Waals surface area contributed by atoms with Crippen LogP contribution in [0.15, 0.2) is 24.5 Å². The van der Waals surface area contributed by atoms with Crippen LogP contribution in [-0.4, -0.2) is 19.7 Å². The second-order valence-corrected chi connectivity index (χ2v) is 2.94. The molecule has 0 saturated heterocycles. The van der Waals surface area contributed by atoms with Crippen LogP contribution in [0.3, 0.4) is 0 Å². The van der Waals surface area contributed by atoms with Gasteiger partial charge in [0.15, 0.2) is 5.82 Å². The molecule has 2 aromatic rings. The lowest BCUT2D eigenvalue weighted by Gasteiger charge is -1.97. The second kappa shape index (κ2) is 3.14. The third-order valence-electron chi connectivity index (χ3n) is 1.54. The Kier molecular flexibility index (Phi) is 1.98. The summed E-state index contributed by atoms with van der Waals surface area (Å²) in [5.74, 6) is 1.38. The first kappa shape index (κ1) is 8.19. The van der Waals surface area contributed by atoms with Crippen molar-refractivity contribution in [2.24, 2.45) is 0 Å². The van der Waals surface area contributed by atoms with Crippen LogP contribution in [0.1, 0.15) is 5.82 Å². The van der Waals surface area contributed by atoms with Gasteiger partial charge in [-0.1, -0.05) is 17.7 Å². The number of rotatable bonds is 1. The van der Waals surface area contributed by atoms with E-state index in [4.69, 9.17) is 11.6 Å².